The van der Waals surface area contributed by atoms with E-state index in [2.05, 4.69) is 30.5 Å². The number of anilines is 3. The van der Waals surface area contributed by atoms with Crippen LogP contribution in [0.2, 0.25) is 0 Å². The van der Waals surface area contributed by atoms with Gasteiger partial charge in [0.2, 0.25) is 11.8 Å². The van der Waals surface area contributed by atoms with Crippen LogP contribution in [-0.4, -0.2) is 44.5 Å². The van der Waals surface area contributed by atoms with Crippen molar-refractivity contribution < 1.29 is 14.3 Å². The highest BCUT2D eigenvalue weighted by atomic mass is 32.2. The minimum atomic E-state index is -0.413. The third-order valence-electron chi connectivity index (χ3n) is 4.27. The SMILES string of the molecule is COC(=O)c1cccc(Nc2nnc(-c3ccc(Oc4cc(N)nc(SC)n4)cc3)[nH]2)c1. The van der Waals surface area contributed by atoms with Gasteiger partial charge in [0.05, 0.1) is 12.7 Å². The molecule has 0 bridgehead atoms. The number of hydrogen-bond acceptors (Lipinski definition) is 10. The number of esters is 1. The molecule has 0 amide bonds. The van der Waals surface area contributed by atoms with E-state index in [1.807, 2.05) is 24.5 Å². The van der Waals surface area contributed by atoms with Crippen molar-refractivity contribution >= 4 is 35.2 Å². The van der Waals surface area contributed by atoms with Crippen molar-refractivity contribution in [2.45, 2.75) is 5.16 Å². The fraction of sp³-hybridized carbons (Fsp3) is 0.0952. The summed E-state index contributed by atoms with van der Waals surface area (Å²) >= 11 is 1.38. The predicted octanol–water partition coefficient (Wildman–Crippen LogP) is 3.89. The molecule has 0 atom stereocenters. The normalized spacial score (nSPS) is 10.6. The van der Waals surface area contributed by atoms with Crippen LogP contribution in [0.1, 0.15) is 10.4 Å². The molecule has 2 aromatic heterocycles. The van der Waals surface area contributed by atoms with Gasteiger partial charge in [0.25, 0.3) is 0 Å². The van der Waals surface area contributed by atoms with Gasteiger partial charge in [-0.2, -0.15) is 4.98 Å². The number of H-pyrrole nitrogens is 1. The Hall–Kier alpha value is -4.12. The number of benzene rings is 2. The van der Waals surface area contributed by atoms with Gasteiger partial charge in [-0.05, 0) is 48.7 Å². The van der Waals surface area contributed by atoms with Gasteiger partial charge in [0.1, 0.15) is 11.6 Å². The highest BCUT2D eigenvalue weighted by molar-refractivity contribution is 7.98. The molecule has 10 nitrogen and oxygen atoms in total. The number of rotatable bonds is 7. The van der Waals surface area contributed by atoms with Crippen LogP contribution in [0.25, 0.3) is 11.4 Å². The summed E-state index contributed by atoms with van der Waals surface area (Å²) in [6.07, 6.45) is 1.86. The number of carbonyl (C=O) groups excluding carboxylic acids is 1. The van der Waals surface area contributed by atoms with Gasteiger partial charge in [0, 0.05) is 17.3 Å². The molecule has 11 heteroatoms. The van der Waals surface area contributed by atoms with E-state index in [-0.39, 0.29) is 0 Å². The Morgan fingerprint density at radius 1 is 1.09 bits per heavy atom. The molecule has 0 saturated carbocycles. The van der Waals surface area contributed by atoms with E-state index in [1.54, 1.807) is 36.4 Å². The van der Waals surface area contributed by atoms with Crippen molar-refractivity contribution in [3.05, 3.63) is 60.2 Å². The average Bonchev–Trinajstić information content (AvgIpc) is 3.27. The number of ether oxygens (including phenoxy) is 2. The lowest BCUT2D eigenvalue weighted by atomic mass is 10.2. The zero-order valence-corrected chi connectivity index (χ0v) is 18.0. The van der Waals surface area contributed by atoms with Crippen LogP contribution in [0, 0.1) is 0 Å². The predicted molar refractivity (Wildman–Crippen MR) is 121 cm³/mol. The lowest BCUT2D eigenvalue weighted by Gasteiger charge is -2.07. The van der Waals surface area contributed by atoms with E-state index in [0.717, 1.165) is 5.56 Å². The molecule has 0 aliphatic heterocycles. The molecule has 0 unspecified atom stereocenters. The fourth-order valence-electron chi connectivity index (χ4n) is 2.79. The van der Waals surface area contributed by atoms with Crippen LogP contribution >= 0.6 is 11.8 Å². The number of nitrogens with one attached hydrogen (secondary N) is 2. The minimum Gasteiger partial charge on any atom is -0.465 e. The second kappa shape index (κ2) is 9.35. The topological polar surface area (TPSA) is 141 Å². The Kier molecular flexibility index (Phi) is 6.17. The summed E-state index contributed by atoms with van der Waals surface area (Å²) in [5, 5.41) is 11.9. The van der Waals surface area contributed by atoms with Gasteiger partial charge in [-0.1, -0.05) is 17.8 Å². The Balaban J connectivity index is 1.45. The Bertz CT molecular complexity index is 1240. The van der Waals surface area contributed by atoms with E-state index < -0.39 is 5.97 Å². The van der Waals surface area contributed by atoms with Crippen LogP contribution in [0.4, 0.5) is 17.5 Å². The number of aromatic nitrogens is 5. The molecule has 4 rings (SSSR count). The molecule has 0 aliphatic rings. The standard InChI is InChI=1S/C21H19N7O3S/c1-30-19(29)13-4-3-5-14(10-13)23-20-26-18(27-28-20)12-6-8-15(9-7-12)31-17-11-16(22)24-21(25-17)32-2/h3-11H,1-2H3,(H2,22,24,25)(H2,23,26,27,28). The first kappa shape index (κ1) is 21.1. The molecule has 4 N–H and O–H groups in total. The molecule has 0 radical (unpaired) electrons. The lowest BCUT2D eigenvalue weighted by molar-refractivity contribution is 0.0601. The van der Waals surface area contributed by atoms with E-state index in [4.69, 9.17) is 15.2 Å². The highest BCUT2D eigenvalue weighted by Gasteiger charge is 2.10. The van der Waals surface area contributed by atoms with E-state index in [0.29, 0.717) is 45.6 Å². The number of hydrogen-bond donors (Lipinski definition) is 3. The first-order chi connectivity index (χ1) is 15.5. The number of carbonyl (C=O) groups is 1. The second-order valence-electron chi connectivity index (χ2n) is 6.46. The molecule has 0 saturated heterocycles. The molecule has 2 aromatic carbocycles. The molecule has 32 heavy (non-hydrogen) atoms. The molecular weight excluding hydrogens is 430 g/mol. The monoisotopic (exact) mass is 449 g/mol. The van der Waals surface area contributed by atoms with Crippen LogP contribution in [0.15, 0.2) is 59.8 Å². The van der Waals surface area contributed by atoms with Crippen LogP contribution in [0.5, 0.6) is 11.6 Å². The largest absolute Gasteiger partial charge is 0.465 e. The van der Waals surface area contributed by atoms with Gasteiger partial charge in [-0.3, -0.25) is 0 Å². The fourth-order valence-corrected chi connectivity index (χ4v) is 3.17. The number of nitrogens with two attached hydrogens (primary N) is 1. The summed E-state index contributed by atoms with van der Waals surface area (Å²) in [5.41, 5.74) is 7.70. The number of methoxy groups -OCH3 is 1. The Labute approximate surface area is 187 Å². The Morgan fingerprint density at radius 3 is 2.66 bits per heavy atom. The third-order valence-corrected chi connectivity index (χ3v) is 4.82. The van der Waals surface area contributed by atoms with Gasteiger partial charge in [-0.15, -0.1) is 10.2 Å². The molecule has 4 aromatic rings. The molecular formula is C21H19N7O3S. The van der Waals surface area contributed by atoms with Gasteiger partial charge < -0.3 is 25.5 Å². The number of nitrogens with zero attached hydrogens (tertiary/aromatic N) is 4. The van der Waals surface area contributed by atoms with E-state index >= 15 is 0 Å². The zero-order valence-electron chi connectivity index (χ0n) is 17.2. The van der Waals surface area contributed by atoms with Crippen molar-refractivity contribution in [3.8, 4) is 23.0 Å². The number of aromatic amines is 1. The van der Waals surface area contributed by atoms with Crippen molar-refractivity contribution in [1.29, 1.82) is 0 Å². The van der Waals surface area contributed by atoms with Gasteiger partial charge >= 0.3 is 5.97 Å². The van der Waals surface area contributed by atoms with Crippen molar-refractivity contribution in [1.82, 2.24) is 25.1 Å². The average molecular weight is 449 g/mol. The summed E-state index contributed by atoms with van der Waals surface area (Å²) in [7, 11) is 1.34. The third kappa shape index (κ3) is 4.95. The van der Waals surface area contributed by atoms with Crippen molar-refractivity contribution in [3.63, 3.8) is 0 Å². The maximum atomic E-state index is 11.7. The minimum absolute atomic E-state index is 0.342. The summed E-state index contributed by atoms with van der Waals surface area (Å²) in [5.74, 6) is 1.90. The van der Waals surface area contributed by atoms with Crippen molar-refractivity contribution in [2.24, 2.45) is 0 Å². The number of thioether (sulfide) groups is 1. The zero-order chi connectivity index (χ0) is 22.5. The van der Waals surface area contributed by atoms with Gasteiger partial charge in [0.15, 0.2) is 11.0 Å². The van der Waals surface area contributed by atoms with Gasteiger partial charge in [-0.25, -0.2) is 9.78 Å². The first-order valence-electron chi connectivity index (χ1n) is 9.39. The second-order valence-corrected chi connectivity index (χ2v) is 7.24. The van der Waals surface area contributed by atoms with Crippen molar-refractivity contribution in [2.75, 3.05) is 24.4 Å². The van der Waals surface area contributed by atoms with E-state index in [9.17, 15) is 4.79 Å². The molecule has 162 valence electrons. The van der Waals surface area contributed by atoms with Crippen LogP contribution in [-0.2, 0) is 4.74 Å². The summed E-state index contributed by atoms with van der Waals surface area (Å²) in [4.78, 5) is 23.2. The quantitative estimate of drug-likeness (QED) is 0.216. The summed E-state index contributed by atoms with van der Waals surface area (Å²) in [6, 6.07) is 15.7. The maximum absolute atomic E-state index is 11.7. The first-order valence-corrected chi connectivity index (χ1v) is 10.6. The van der Waals surface area contributed by atoms with Crippen LogP contribution in [0.3, 0.4) is 0 Å². The lowest BCUT2D eigenvalue weighted by Crippen LogP contribution is -2.02. The van der Waals surface area contributed by atoms with Crippen LogP contribution < -0.4 is 15.8 Å². The smallest absolute Gasteiger partial charge is 0.337 e. The highest BCUT2D eigenvalue weighted by Crippen LogP contribution is 2.26. The Morgan fingerprint density at radius 2 is 1.91 bits per heavy atom. The summed E-state index contributed by atoms with van der Waals surface area (Å²) in [6.45, 7) is 0. The molecule has 0 spiro atoms. The maximum Gasteiger partial charge on any atom is 0.337 e. The molecule has 2 heterocycles. The summed E-state index contributed by atoms with van der Waals surface area (Å²) < 4.78 is 10.5. The van der Waals surface area contributed by atoms with E-state index in [1.165, 1.54) is 18.9 Å². The molecule has 0 fully saturated rings. The molecule has 0 aliphatic carbocycles. The number of nitrogen functional groups attached to an aromatic ring is 1.